The van der Waals surface area contributed by atoms with E-state index in [9.17, 15) is 4.79 Å². The van der Waals surface area contributed by atoms with E-state index in [1.807, 2.05) is 47.0 Å². The van der Waals surface area contributed by atoms with Crippen LogP contribution >= 0.6 is 11.8 Å². The molecule has 122 valence electrons. The first-order valence-electron chi connectivity index (χ1n) is 7.96. The first-order valence-corrected chi connectivity index (χ1v) is 9.01. The monoisotopic (exact) mass is 339 g/mol. The number of rotatable bonds is 2. The van der Waals surface area contributed by atoms with Crippen molar-refractivity contribution in [2.24, 2.45) is 0 Å². The molecule has 2 aromatic heterocycles. The van der Waals surface area contributed by atoms with Gasteiger partial charge >= 0.3 is 0 Å². The standard InChI is InChI=1S/C18H17N3O2S/c22-18(13-3-4-14-15(12-13)20-7-6-19-14)21-8-5-17(24-11-9-21)16-2-1-10-23-16/h1-4,6-7,10,12,17H,5,8-9,11H2. The quantitative estimate of drug-likeness (QED) is 0.715. The number of aromatic nitrogens is 2. The summed E-state index contributed by atoms with van der Waals surface area (Å²) in [5.41, 5.74) is 2.23. The molecule has 3 aromatic rings. The van der Waals surface area contributed by atoms with Crippen molar-refractivity contribution in [3.8, 4) is 0 Å². The van der Waals surface area contributed by atoms with Gasteiger partial charge in [-0.15, -0.1) is 11.8 Å². The Hall–Kier alpha value is -2.34. The number of thioether (sulfide) groups is 1. The summed E-state index contributed by atoms with van der Waals surface area (Å²) >= 11 is 1.85. The summed E-state index contributed by atoms with van der Waals surface area (Å²) in [5, 5.41) is 0.320. The lowest BCUT2D eigenvalue weighted by molar-refractivity contribution is 0.0766. The van der Waals surface area contributed by atoms with Gasteiger partial charge in [0.15, 0.2) is 0 Å². The first kappa shape index (κ1) is 15.2. The zero-order valence-corrected chi connectivity index (χ0v) is 13.9. The van der Waals surface area contributed by atoms with Crippen LogP contribution in [0.25, 0.3) is 11.0 Å². The molecular weight excluding hydrogens is 322 g/mol. The average molecular weight is 339 g/mol. The summed E-state index contributed by atoms with van der Waals surface area (Å²) in [6.45, 7) is 1.48. The molecule has 0 aliphatic carbocycles. The highest BCUT2D eigenvalue weighted by Crippen LogP contribution is 2.34. The second kappa shape index (κ2) is 6.65. The number of fused-ring (bicyclic) bond motifs is 1. The zero-order valence-electron chi connectivity index (χ0n) is 13.1. The number of benzene rings is 1. The molecule has 0 spiro atoms. The first-order chi connectivity index (χ1) is 11.8. The van der Waals surface area contributed by atoms with E-state index in [-0.39, 0.29) is 5.91 Å². The van der Waals surface area contributed by atoms with Crippen LogP contribution in [-0.4, -0.2) is 39.6 Å². The summed E-state index contributed by atoms with van der Waals surface area (Å²) < 4.78 is 5.52. The minimum Gasteiger partial charge on any atom is -0.468 e. The Morgan fingerprint density at radius 2 is 2.04 bits per heavy atom. The SMILES string of the molecule is O=C(c1ccc2nccnc2c1)N1CCSC(c2ccco2)CC1. The van der Waals surface area contributed by atoms with Gasteiger partial charge in [-0.05, 0) is 36.8 Å². The number of nitrogens with zero attached hydrogens (tertiary/aromatic N) is 3. The smallest absolute Gasteiger partial charge is 0.253 e. The van der Waals surface area contributed by atoms with Gasteiger partial charge in [0, 0.05) is 36.8 Å². The van der Waals surface area contributed by atoms with Crippen LogP contribution in [0, 0.1) is 0 Å². The zero-order chi connectivity index (χ0) is 16.4. The molecule has 4 rings (SSSR count). The molecule has 0 bridgehead atoms. The molecule has 0 N–H and O–H groups in total. The predicted molar refractivity (Wildman–Crippen MR) is 94.0 cm³/mol. The number of hydrogen-bond acceptors (Lipinski definition) is 5. The van der Waals surface area contributed by atoms with Gasteiger partial charge < -0.3 is 9.32 Å². The van der Waals surface area contributed by atoms with E-state index in [2.05, 4.69) is 9.97 Å². The molecule has 1 aliphatic rings. The molecule has 1 unspecified atom stereocenters. The molecule has 1 aliphatic heterocycles. The predicted octanol–water partition coefficient (Wildman–Crippen LogP) is 3.54. The summed E-state index contributed by atoms with van der Waals surface area (Å²) in [7, 11) is 0. The van der Waals surface area contributed by atoms with Crippen LogP contribution < -0.4 is 0 Å². The van der Waals surface area contributed by atoms with Gasteiger partial charge in [-0.3, -0.25) is 14.8 Å². The van der Waals surface area contributed by atoms with Crippen molar-refractivity contribution in [2.45, 2.75) is 11.7 Å². The topological polar surface area (TPSA) is 59.2 Å². The van der Waals surface area contributed by atoms with Gasteiger partial charge in [0.1, 0.15) is 5.76 Å². The Morgan fingerprint density at radius 3 is 2.88 bits per heavy atom. The molecule has 0 saturated carbocycles. The van der Waals surface area contributed by atoms with Crippen molar-refractivity contribution in [1.29, 1.82) is 0 Å². The fraction of sp³-hybridized carbons (Fsp3) is 0.278. The highest BCUT2D eigenvalue weighted by atomic mass is 32.2. The van der Waals surface area contributed by atoms with Crippen molar-refractivity contribution >= 4 is 28.7 Å². The normalized spacial score (nSPS) is 18.5. The lowest BCUT2D eigenvalue weighted by Gasteiger charge is -2.20. The average Bonchev–Trinajstić information content (AvgIpc) is 3.05. The molecule has 1 fully saturated rings. The van der Waals surface area contributed by atoms with Gasteiger partial charge in [-0.2, -0.15) is 0 Å². The van der Waals surface area contributed by atoms with Crippen molar-refractivity contribution in [3.63, 3.8) is 0 Å². The van der Waals surface area contributed by atoms with Gasteiger partial charge in [0.05, 0.1) is 22.5 Å². The second-order valence-electron chi connectivity index (χ2n) is 5.72. The summed E-state index contributed by atoms with van der Waals surface area (Å²) in [5.74, 6) is 1.96. The Balaban J connectivity index is 1.51. The van der Waals surface area contributed by atoms with E-state index in [0.717, 1.165) is 42.1 Å². The summed E-state index contributed by atoms with van der Waals surface area (Å²) in [6, 6.07) is 9.44. The highest BCUT2D eigenvalue weighted by Gasteiger charge is 2.24. The third kappa shape index (κ3) is 3.01. The molecule has 6 heteroatoms. The Bertz CT molecular complexity index is 850. The van der Waals surface area contributed by atoms with Gasteiger partial charge in [-0.1, -0.05) is 0 Å². The third-order valence-electron chi connectivity index (χ3n) is 4.21. The highest BCUT2D eigenvalue weighted by molar-refractivity contribution is 7.99. The van der Waals surface area contributed by atoms with Crippen LogP contribution in [0.5, 0.6) is 0 Å². The van der Waals surface area contributed by atoms with Crippen LogP contribution in [0.1, 0.15) is 27.8 Å². The fourth-order valence-corrected chi connectivity index (χ4v) is 4.14. The van der Waals surface area contributed by atoms with E-state index >= 15 is 0 Å². The fourth-order valence-electron chi connectivity index (χ4n) is 2.95. The van der Waals surface area contributed by atoms with Crippen LogP contribution in [0.4, 0.5) is 0 Å². The Morgan fingerprint density at radius 1 is 1.17 bits per heavy atom. The van der Waals surface area contributed by atoms with E-state index in [1.54, 1.807) is 18.7 Å². The van der Waals surface area contributed by atoms with Crippen molar-refractivity contribution in [1.82, 2.24) is 14.9 Å². The van der Waals surface area contributed by atoms with Crippen molar-refractivity contribution in [3.05, 3.63) is 60.3 Å². The number of furan rings is 1. The van der Waals surface area contributed by atoms with E-state index < -0.39 is 0 Å². The third-order valence-corrected chi connectivity index (χ3v) is 5.49. The molecule has 1 amide bonds. The van der Waals surface area contributed by atoms with Crippen molar-refractivity contribution < 1.29 is 9.21 Å². The largest absolute Gasteiger partial charge is 0.468 e. The number of hydrogen-bond donors (Lipinski definition) is 0. The number of carbonyl (C=O) groups is 1. The summed E-state index contributed by atoms with van der Waals surface area (Å²) in [4.78, 5) is 23.3. The van der Waals surface area contributed by atoms with Crippen LogP contribution in [-0.2, 0) is 0 Å². The second-order valence-corrected chi connectivity index (χ2v) is 7.03. The van der Waals surface area contributed by atoms with Crippen molar-refractivity contribution in [2.75, 3.05) is 18.8 Å². The number of amides is 1. The van der Waals surface area contributed by atoms with Gasteiger partial charge in [-0.25, -0.2) is 0 Å². The molecule has 1 atom stereocenters. The summed E-state index contributed by atoms with van der Waals surface area (Å²) in [6.07, 6.45) is 5.91. The maximum atomic E-state index is 12.8. The molecule has 3 heterocycles. The molecular formula is C18H17N3O2S. The Labute approximate surface area is 144 Å². The Kier molecular flexibility index (Phi) is 4.21. The minimum atomic E-state index is 0.0586. The molecule has 24 heavy (non-hydrogen) atoms. The lowest BCUT2D eigenvalue weighted by atomic mass is 10.1. The molecule has 5 nitrogen and oxygen atoms in total. The van der Waals surface area contributed by atoms with Crippen LogP contribution in [0.15, 0.2) is 53.4 Å². The number of carbonyl (C=O) groups excluding carboxylic acids is 1. The van der Waals surface area contributed by atoms with Crippen LogP contribution in [0.3, 0.4) is 0 Å². The maximum absolute atomic E-state index is 12.8. The van der Waals surface area contributed by atoms with Gasteiger partial charge in [0.25, 0.3) is 5.91 Å². The van der Waals surface area contributed by atoms with E-state index in [4.69, 9.17) is 4.42 Å². The molecule has 1 saturated heterocycles. The van der Waals surface area contributed by atoms with Crippen LogP contribution in [0.2, 0.25) is 0 Å². The van der Waals surface area contributed by atoms with Gasteiger partial charge in [0.2, 0.25) is 0 Å². The maximum Gasteiger partial charge on any atom is 0.253 e. The molecule has 1 aromatic carbocycles. The molecule has 0 radical (unpaired) electrons. The van der Waals surface area contributed by atoms with E-state index in [0.29, 0.717) is 10.8 Å². The van der Waals surface area contributed by atoms with E-state index in [1.165, 1.54) is 0 Å². The lowest BCUT2D eigenvalue weighted by Crippen LogP contribution is -2.32. The minimum absolute atomic E-state index is 0.0586.